The molecule has 1 fully saturated rings. The summed E-state index contributed by atoms with van der Waals surface area (Å²) in [6, 6.07) is 0. The molecule has 64 valence electrons. The minimum Gasteiger partial charge on any atom is -0.512 e. The molecule has 0 aromatic carbocycles. The fraction of sp³-hybridized carbons (Fsp3) is 0.800. The molecule has 11 heavy (non-hydrogen) atoms. The Morgan fingerprint density at radius 2 is 2.00 bits per heavy atom. The van der Waals surface area contributed by atoms with E-state index in [9.17, 15) is 5.11 Å². The predicted octanol–water partition coefficient (Wildman–Crippen LogP) is 3.56. The lowest BCUT2D eigenvalue weighted by Crippen LogP contribution is -1.87. The van der Waals surface area contributed by atoms with Crippen molar-refractivity contribution in [3.05, 3.63) is 11.3 Å². The van der Waals surface area contributed by atoms with Crippen LogP contribution >= 0.6 is 0 Å². The molecule has 1 nitrogen and oxygen atoms in total. The Bertz CT molecular complexity index is 139. The second-order valence-electron chi connectivity index (χ2n) is 3.36. The molecular formula is C10H18O. The van der Waals surface area contributed by atoms with Crippen LogP contribution in [0.3, 0.4) is 0 Å². The molecule has 1 N–H and O–H groups in total. The first-order valence-electron chi connectivity index (χ1n) is 4.74. The van der Waals surface area contributed by atoms with E-state index in [2.05, 4.69) is 6.92 Å². The summed E-state index contributed by atoms with van der Waals surface area (Å²) in [4.78, 5) is 0. The van der Waals surface area contributed by atoms with Gasteiger partial charge >= 0.3 is 0 Å². The highest BCUT2D eigenvalue weighted by Gasteiger charge is 2.10. The molecule has 0 unspecified atom stereocenters. The van der Waals surface area contributed by atoms with E-state index in [0.717, 1.165) is 25.7 Å². The highest BCUT2D eigenvalue weighted by Crippen LogP contribution is 2.27. The van der Waals surface area contributed by atoms with Crippen LogP contribution in [0.5, 0.6) is 0 Å². The molecule has 0 heterocycles. The number of aliphatic hydroxyl groups excluding tert-OH is 1. The fourth-order valence-corrected chi connectivity index (χ4v) is 1.61. The van der Waals surface area contributed by atoms with Crippen molar-refractivity contribution in [2.45, 2.75) is 51.9 Å². The van der Waals surface area contributed by atoms with Crippen LogP contribution < -0.4 is 0 Å². The maximum Gasteiger partial charge on any atom is 0.0914 e. The van der Waals surface area contributed by atoms with E-state index in [1.54, 1.807) is 0 Å². The Morgan fingerprint density at radius 3 is 2.55 bits per heavy atom. The molecule has 0 aromatic rings. The van der Waals surface area contributed by atoms with Gasteiger partial charge in [0.05, 0.1) is 5.76 Å². The number of rotatable bonds is 3. The number of hydrogen-bond donors (Lipinski definition) is 1. The van der Waals surface area contributed by atoms with Crippen molar-refractivity contribution < 1.29 is 5.11 Å². The van der Waals surface area contributed by atoms with Gasteiger partial charge in [0, 0.05) is 6.42 Å². The standard InChI is InChI=1S/C10H18O/c1-2-3-8-10(11)9-6-4-5-7-9/h11H,2-8H2,1H3. The van der Waals surface area contributed by atoms with E-state index in [0.29, 0.717) is 5.76 Å². The van der Waals surface area contributed by atoms with Gasteiger partial charge in [-0.25, -0.2) is 0 Å². The first-order chi connectivity index (χ1) is 5.34. The number of unbranched alkanes of at least 4 members (excludes halogenated alkanes) is 1. The Hall–Kier alpha value is -0.460. The third kappa shape index (κ3) is 2.57. The summed E-state index contributed by atoms with van der Waals surface area (Å²) in [7, 11) is 0. The van der Waals surface area contributed by atoms with Crippen LogP contribution in [0.2, 0.25) is 0 Å². The summed E-state index contributed by atoms with van der Waals surface area (Å²) >= 11 is 0. The zero-order valence-corrected chi connectivity index (χ0v) is 7.40. The summed E-state index contributed by atoms with van der Waals surface area (Å²) in [6.07, 6.45) is 8.08. The number of aliphatic hydroxyl groups is 1. The molecule has 1 heteroatoms. The largest absolute Gasteiger partial charge is 0.512 e. The molecule has 1 aliphatic carbocycles. The Balaban J connectivity index is 2.35. The van der Waals surface area contributed by atoms with Gasteiger partial charge < -0.3 is 5.11 Å². The summed E-state index contributed by atoms with van der Waals surface area (Å²) in [5.74, 6) is 0.698. The average Bonchev–Trinajstić information content (AvgIpc) is 2.52. The number of allylic oxidation sites excluding steroid dienone is 2. The normalized spacial score (nSPS) is 17.4. The van der Waals surface area contributed by atoms with Crippen LogP contribution in [0.15, 0.2) is 11.3 Å². The predicted molar refractivity (Wildman–Crippen MR) is 47.6 cm³/mol. The van der Waals surface area contributed by atoms with Crippen molar-refractivity contribution in [3.8, 4) is 0 Å². The fourth-order valence-electron chi connectivity index (χ4n) is 1.61. The average molecular weight is 154 g/mol. The van der Waals surface area contributed by atoms with Gasteiger partial charge in [0.15, 0.2) is 0 Å². The number of hydrogen-bond acceptors (Lipinski definition) is 1. The molecule has 0 aliphatic heterocycles. The van der Waals surface area contributed by atoms with Crippen LogP contribution in [-0.2, 0) is 0 Å². The van der Waals surface area contributed by atoms with Crippen molar-refractivity contribution >= 4 is 0 Å². The third-order valence-electron chi connectivity index (χ3n) is 2.38. The highest BCUT2D eigenvalue weighted by atomic mass is 16.3. The summed E-state index contributed by atoms with van der Waals surface area (Å²) in [6.45, 7) is 2.16. The topological polar surface area (TPSA) is 20.2 Å². The van der Waals surface area contributed by atoms with Gasteiger partial charge in [-0.1, -0.05) is 13.3 Å². The van der Waals surface area contributed by atoms with E-state index in [1.807, 2.05) is 0 Å². The van der Waals surface area contributed by atoms with Crippen molar-refractivity contribution in [1.82, 2.24) is 0 Å². The van der Waals surface area contributed by atoms with E-state index in [1.165, 1.54) is 24.8 Å². The molecular weight excluding hydrogens is 136 g/mol. The zero-order chi connectivity index (χ0) is 8.10. The molecule has 0 bridgehead atoms. The second kappa shape index (κ2) is 4.42. The van der Waals surface area contributed by atoms with Crippen molar-refractivity contribution in [2.75, 3.05) is 0 Å². The van der Waals surface area contributed by atoms with Crippen LogP contribution in [0.4, 0.5) is 0 Å². The van der Waals surface area contributed by atoms with Crippen molar-refractivity contribution in [3.63, 3.8) is 0 Å². The van der Waals surface area contributed by atoms with Crippen molar-refractivity contribution in [2.24, 2.45) is 0 Å². The van der Waals surface area contributed by atoms with Crippen LogP contribution in [0.25, 0.3) is 0 Å². The van der Waals surface area contributed by atoms with Gasteiger partial charge in [0.1, 0.15) is 0 Å². The third-order valence-corrected chi connectivity index (χ3v) is 2.38. The van der Waals surface area contributed by atoms with Crippen molar-refractivity contribution in [1.29, 1.82) is 0 Å². The summed E-state index contributed by atoms with van der Waals surface area (Å²) in [5, 5.41) is 9.56. The Kier molecular flexibility index (Phi) is 3.47. The lowest BCUT2D eigenvalue weighted by molar-refractivity contribution is 0.373. The Labute approximate surface area is 69.1 Å². The second-order valence-corrected chi connectivity index (χ2v) is 3.36. The lowest BCUT2D eigenvalue weighted by Gasteiger charge is -2.02. The molecule has 1 saturated carbocycles. The van der Waals surface area contributed by atoms with Gasteiger partial charge in [0.25, 0.3) is 0 Å². The van der Waals surface area contributed by atoms with Crippen LogP contribution in [-0.4, -0.2) is 5.11 Å². The smallest absolute Gasteiger partial charge is 0.0914 e. The zero-order valence-electron chi connectivity index (χ0n) is 7.40. The van der Waals surface area contributed by atoms with Gasteiger partial charge in [0.2, 0.25) is 0 Å². The lowest BCUT2D eigenvalue weighted by atomic mass is 10.1. The van der Waals surface area contributed by atoms with E-state index in [-0.39, 0.29) is 0 Å². The highest BCUT2D eigenvalue weighted by molar-refractivity contribution is 5.10. The summed E-state index contributed by atoms with van der Waals surface area (Å²) < 4.78 is 0. The first kappa shape index (κ1) is 8.63. The maximum absolute atomic E-state index is 9.56. The molecule has 0 saturated heterocycles. The Morgan fingerprint density at radius 1 is 1.36 bits per heavy atom. The molecule has 0 radical (unpaired) electrons. The monoisotopic (exact) mass is 154 g/mol. The van der Waals surface area contributed by atoms with E-state index in [4.69, 9.17) is 0 Å². The molecule has 1 aliphatic rings. The van der Waals surface area contributed by atoms with Gasteiger partial charge in [-0.2, -0.15) is 0 Å². The molecule has 1 rings (SSSR count). The molecule has 0 spiro atoms. The molecule has 0 amide bonds. The first-order valence-corrected chi connectivity index (χ1v) is 4.74. The molecule has 0 atom stereocenters. The van der Waals surface area contributed by atoms with Gasteiger partial charge in [-0.15, -0.1) is 0 Å². The SMILES string of the molecule is CCCCC(O)=C1CCCC1. The van der Waals surface area contributed by atoms with E-state index < -0.39 is 0 Å². The van der Waals surface area contributed by atoms with Crippen LogP contribution in [0, 0.1) is 0 Å². The molecule has 0 aromatic heterocycles. The maximum atomic E-state index is 9.56. The minimum atomic E-state index is 0.698. The van der Waals surface area contributed by atoms with Gasteiger partial charge in [-0.05, 0) is 37.7 Å². The van der Waals surface area contributed by atoms with E-state index >= 15 is 0 Å². The minimum absolute atomic E-state index is 0.698. The summed E-state index contributed by atoms with van der Waals surface area (Å²) in [5.41, 5.74) is 1.33. The quantitative estimate of drug-likeness (QED) is 0.616. The van der Waals surface area contributed by atoms with Crippen LogP contribution in [0.1, 0.15) is 51.9 Å². The van der Waals surface area contributed by atoms with Gasteiger partial charge in [-0.3, -0.25) is 0 Å².